The van der Waals surface area contributed by atoms with E-state index in [1.54, 1.807) is 0 Å². The van der Waals surface area contributed by atoms with Crippen molar-refractivity contribution in [3.63, 3.8) is 0 Å². The molecule has 2 N–H and O–H groups in total. The van der Waals surface area contributed by atoms with Crippen molar-refractivity contribution in [2.24, 2.45) is 17.1 Å². The van der Waals surface area contributed by atoms with Crippen LogP contribution in [-0.4, -0.2) is 6.54 Å². The zero-order valence-corrected chi connectivity index (χ0v) is 13.6. The number of hydrogen-bond acceptors (Lipinski definition) is 1. The van der Waals surface area contributed by atoms with E-state index >= 15 is 0 Å². The molecule has 0 aromatic heterocycles. The highest BCUT2D eigenvalue weighted by Gasteiger charge is 2.28. The van der Waals surface area contributed by atoms with Crippen molar-refractivity contribution in [2.45, 2.75) is 58.3 Å². The molecule has 0 amide bonds. The summed E-state index contributed by atoms with van der Waals surface area (Å²) in [5.41, 5.74) is 9.05. The molecular weight excluding hydrogens is 254 g/mol. The fourth-order valence-electron chi connectivity index (χ4n) is 3.60. The van der Waals surface area contributed by atoms with Crippen molar-refractivity contribution in [1.29, 1.82) is 0 Å². The minimum Gasteiger partial charge on any atom is -0.330 e. The lowest BCUT2D eigenvalue weighted by Gasteiger charge is -2.34. The molecule has 1 aromatic carbocycles. The monoisotopic (exact) mass is 285 g/mol. The summed E-state index contributed by atoms with van der Waals surface area (Å²) in [4.78, 5) is 0. The maximum Gasteiger partial charge on any atom is -0.00483 e. The number of rotatable bonds is 7. The van der Waals surface area contributed by atoms with Crippen LogP contribution in [0.4, 0.5) is 0 Å². The molecule has 1 aromatic rings. The SMILES string of the molecule is C=CC1(CCc2cccc(CC(C)CN)c2)CCCCC1. The third kappa shape index (κ3) is 4.71. The first-order valence-corrected chi connectivity index (χ1v) is 8.59. The Hall–Kier alpha value is -1.08. The van der Waals surface area contributed by atoms with Gasteiger partial charge in [-0.3, -0.25) is 0 Å². The summed E-state index contributed by atoms with van der Waals surface area (Å²) in [5, 5.41) is 0. The van der Waals surface area contributed by atoms with Gasteiger partial charge in [-0.25, -0.2) is 0 Å². The highest BCUT2D eigenvalue weighted by Crippen LogP contribution is 2.41. The summed E-state index contributed by atoms with van der Waals surface area (Å²) >= 11 is 0. The van der Waals surface area contributed by atoms with Gasteiger partial charge in [-0.2, -0.15) is 0 Å². The van der Waals surface area contributed by atoms with Gasteiger partial charge < -0.3 is 5.73 Å². The van der Waals surface area contributed by atoms with Crippen LogP contribution in [0.3, 0.4) is 0 Å². The Morgan fingerprint density at radius 3 is 2.62 bits per heavy atom. The molecule has 0 saturated heterocycles. The predicted octanol–water partition coefficient (Wildman–Crippen LogP) is 4.89. The number of benzene rings is 1. The average molecular weight is 285 g/mol. The molecule has 1 saturated carbocycles. The van der Waals surface area contributed by atoms with Gasteiger partial charge in [-0.1, -0.05) is 56.5 Å². The standard InChI is InChI=1S/C20H31N/c1-3-20(11-5-4-6-12-20)13-10-18-8-7-9-19(15-18)14-17(2)16-21/h3,7-9,15,17H,1,4-6,10-14,16,21H2,2H3. The third-order valence-electron chi connectivity index (χ3n) is 5.17. The van der Waals surface area contributed by atoms with Crippen molar-refractivity contribution in [3.8, 4) is 0 Å². The van der Waals surface area contributed by atoms with Crippen molar-refractivity contribution < 1.29 is 0 Å². The molecule has 1 heteroatoms. The van der Waals surface area contributed by atoms with Crippen LogP contribution in [0.5, 0.6) is 0 Å². The topological polar surface area (TPSA) is 26.0 Å². The first kappa shape index (κ1) is 16.3. The van der Waals surface area contributed by atoms with Crippen LogP contribution in [0.15, 0.2) is 36.9 Å². The first-order valence-electron chi connectivity index (χ1n) is 8.59. The zero-order chi connectivity index (χ0) is 15.1. The summed E-state index contributed by atoms with van der Waals surface area (Å²) in [6, 6.07) is 9.09. The molecular formula is C20H31N. The molecule has 0 radical (unpaired) electrons. The Morgan fingerprint density at radius 2 is 1.95 bits per heavy atom. The average Bonchev–Trinajstić information content (AvgIpc) is 2.54. The van der Waals surface area contributed by atoms with Crippen LogP contribution in [0.1, 0.15) is 56.6 Å². The molecule has 1 nitrogen and oxygen atoms in total. The first-order chi connectivity index (χ1) is 10.2. The normalized spacial score (nSPS) is 19.1. The number of allylic oxidation sites excluding steroid dienone is 1. The van der Waals surface area contributed by atoms with E-state index in [1.165, 1.54) is 56.1 Å². The van der Waals surface area contributed by atoms with E-state index in [9.17, 15) is 0 Å². The number of nitrogens with two attached hydrogens (primary N) is 1. The van der Waals surface area contributed by atoms with Crippen LogP contribution < -0.4 is 5.73 Å². The summed E-state index contributed by atoms with van der Waals surface area (Å²) < 4.78 is 0. The molecule has 116 valence electrons. The maximum absolute atomic E-state index is 5.74. The van der Waals surface area contributed by atoms with Gasteiger partial charge in [-0.15, -0.1) is 6.58 Å². The Morgan fingerprint density at radius 1 is 1.24 bits per heavy atom. The van der Waals surface area contributed by atoms with Gasteiger partial charge in [0.05, 0.1) is 0 Å². The second-order valence-electron chi connectivity index (χ2n) is 6.99. The fraction of sp³-hybridized carbons (Fsp3) is 0.600. The molecule has 0 spiro atoms. The minimum atomic E-state index is 0.402. The maximum atomic E-state index is 5.74. The Bertz CT molecular complexity index is 443. The zero-order valence-electron chi connectivity index (χ0n) is 13.6. The Labute approximate surface area is 130 Å². The van der Waals surface area contributed by atoms with Crippen molar-refractivity contribution in [3.05, 3.63) is 48.0 Å². The predicted molar refractivity (Wildman–Crippen MR) is 92.4 cm³/mol. The van der Waals surface area contributed by atoms with E-state index < -0.39 is 0 Å². The molecule has 0 aliphatic heterocycles. The largest absolute Gasteiger partial charge is 0.330 e. The quantitative estimate of drug-likeness (QED) is 0.709. The van der Waals surface area contributed by atoms with E-state index in [2.05, 4.69) is 43.8 Å². The molecule has 21 heavy (non-hydrogen) atoms. The number of aryl methyl sites for hydroxylation is 1. The summed E-state index contributed by atoms with van der Waals surface area (Å²) in [6.45, 7) is 7.11. The minimum absolute atomic E-state index is 0.402. The summed E-state index contributed by atoms with van der Waals surface area (Å²) in [7, 11) is 0. The third-order valence-corrected chi connectivity index (χ3v) is 5.17. The lowest BCUT2D eigenvalue weighted by Crippen LogP contribution is -2.22. The fourth-order valence-corrected chi connectivity index (χ4v) is 3.60. The van der Waals surface area contributed by atoms with Crippen LogP contribution in [0.25, 0.3) is 0 Å². The van der Waals surface area contributed by atoms with Gasteiger partial charge >= 0.3 is 0 Å². The van der Waals surface area contributed by atoms with E-state index in [-0.39, 0.29) is 0 Å². The van der Waals surface area contributed by atoms with Gasteiger partial charge in [0.2, 0.25) is 0 Å². The van der Waals surface area contributed by atoms with Crippen LogP contribution in [0, 0.1) is 11.3 Å². The summed E-state index contributed by atoms with van der Waals surface area (Å²) in [6.07, 6.45) is 12.6. The van der Waals surface area contributed by atoms with Gasteiger partial charge in [0.15, 0.2) is 0 Å². The van der Waals surface area contributed by atoms with Gasteiger partial charge in [0, 0.05) is 0 Å². The van der Waals surface area contributed by atoms with Gasteiger partial charge in [-0.05, 0) is 61.1 Å². The molecule has 2 rings (SSSR count). The second-order valence-corrected chi connectivity index (χ2v) is 6.99. The van der Waals surface area contributed by atoms with E-state index in [0.717, 1.165) is 13.0 Å². The van der Waals surface area contributed by atoms with Crippen LogP contribution in [0.2, 0.25) is 0 Å². The molecule has 1 aliphatic rings. The Kier molecular flexibility index (Phi) is 6.05. The van der Waals surface area contributed by atoms with Crippen molar-refractivity contribution in [1.82, 2.24) is 0 Å². The van der Waals surface area contributed by atoms with Crippen molar-refractivity contribution >= 4 is 0 Å². The molecule has 1 atom stereocenters. The Balaban J connectivity index is 1.96. The highest BCUT2D eigenvalue weighted by molar-refractivity contribution is 5.24. The smallest absolute Gasteiger partial charge is 0.00483 e. The van der Waals surface area contributed by atoms with E-state index in [0.29, 0.717) is 11.3 Å². The van der Waals surface area contributed by atoms with Crippen molar-refractivity contribution in [2.75, 3.05) is 6.54 Å². The molecule has 0 heterocycles. The molecule has 1 aliphatic carbocycles. The van der Waals surface area contributed by atoms with Gasteiger partial charge in [0.1, 0.15) is 0 Å². The lowest BCUT2D eigenvalue weighted by atomic mass is 9.71. The van der Waals surface area contributed by atoms with E-state index in [4.69, 9.17) is 5.73 Å². The summed E-state index contributed by atoms with van der Waals surface area (Å²) in [5.74, 6) is 0.568. The van der Waals surface area contributed by atoms with E-state index in [1.807, 2.05) is 0 Å². The second kappa shape index (κ2) is 7.79. The highest BCUT2D eigenvalue weighted by atomic mass is 14.5. The lowest BCUT2D eigenvalue weighted by molar-refractivity contribution is 0.240. The molecule has 0 bridgehead atoms. The molecule has 1 unspecified atom stereocenters. The number of hydrogen-bond donors (Lipinski definition) is 1. The van der Waals surface area contributed by atoms with Gasteiger partial charge in [0.25, 0.3) is 0 Å². The van der Waals surface area contributed by atoms with Crippen LogP contribution >= 0.6 is 0 Å². The van der Waals surface area contributed by atoms with Crippen LogP contribution in [-0.2, 0) is 12.8 Å². The molecule has 1 fully saturated rings.